The van der Waals surface area contributed by atoms with E-state index in [9.17, 15) is 10.1 Å². The molecule has 2 N–H and O–H groups in total. The predicted octanol–water partition coefficient (Wildman–Crippen LogP) is 3.18. The van der Waals surface area contributed by atoms with Crippen molar-refractivity contribution < 1.29 is 4.79 Å². The van der Waals surface area contributed by atoms with Crippen molar-refractivity contribution in [2.75, 3.05) is 4.90 Å². The van der Waals surface area contributed by atoms with Gasteiger partial charge in [-0.2, -0.15) is 5.26 Å². The lowest BCUT2D eigenvalue weighted by molar-refractivity contribution is -0.119. The standard InChI is InChI=1S/C21H20N4O/c1-14-10-17(21(23)26)16-6-2-3-8-20(16)25(14)13-15-12-24-9-5-4-7-19(24)18(15)11-22/h2-9,12,14,17H,10,13H2,1H3,(H2,23,26)/t14-,17-/m0/s1. The Balaban J connectivity index is 1.78. The Kier molecular flexibility index (Phi) is 3.89. The number of nitrogens with two attached hydrogens (primary N) is 1. The summed E-state index contributed by atoms with van der Waals surface area (Å²) in [4.78, 5) is 14.2. The van der Waals surface area contributed by atoms with Crippen LogP contribution in [-0.2, 0) is 11.3 Å². The summed E-state index contributed by atoms with van der Waals surface area (Å²) in [5.41, 5.74) is 10.2. The molecule has 5 heteroatoms. The molecule has 1 aliphatic heterocycles. The lowest BCUT2D eigenvalue weighted by Crippen LogP contribution is -2.41. The largest absolute Gasteiger partial charge is 0.369 e. The number of anilines is 1. The third kappa shape index (κ3) is 2.51. The van der Waals surface area contributed by atoms with Gasteiger partial charge in [-0.15, -0.1) is 0 Å². The quantitative estimate of drug-likeness (QED) is 0.793. The molecular weight excluding hydrogens is 324 g/mol. The molecule has 26 heavy (non-hydrogen) atoms. The van der Waals surface area contributed by atoms with Crippen molar-refractivity contribution in [1.82, 2.24) is 4.40 Å². The first kappa shape index (κ1) is 16.2. The van der Waals surface area contributed by atoms with E-state index in [-0.39, 0.29) is 17.9 Å². The lowest BCUT2D eigenvalue weighted by Gasteiger charge is -2.40. The zero-order valence-corrected chi connectivity index (χ0v) is 14.6. The van der Waals surface area contributed by atoms with Crippen LogP contribution < -0.4 is 10.6 Å². The van der Waals surface area contributed by atoms with Gasteiger partial charge in [-0.05, 0) is 37.1 Å². The summed E-state index contributed by atoms with van der Waals surface area (Å²) in [6, 6.07) is 16.3. The lowest BCUT2D eigenvalue weighted by atomic mass is 9.85. The number of nitriles is 1. The highest BCUT2D eigenvalue weighted by Gasteiger charge is 2.33. The van der Waals surface area contributed by atoms with Crippen LogP contribution >= 0.6 is 0 Å². The molecule has 0 unspecified atom stereocenters. The molecule has 1 aliphatic rings. The Bertz CT molecular complexity index is 1030. The molecule has 0 saturated heterocycles. The van der Waals surface area contributed by atoms with Gasteiger partial charge >= 0.3 is 0 Å². The topological polar surface area (TPSA) is 74.5 Å². The summed E-state index contributed by atoms with van der Waals surface area (Å²) in [5.74, 6) is -0.544. The monoisotopic (exact) mass is 344 g/mol. The molecule has 3 aromatic rings. The van der Waals surface area contributed by atoms with Crippen LogP contribution in [-0.4, -0.2) is 16.3 Å². The van der Waals surface area contributed by atoms with Crippen LogP contribution in [0.5, 0.6) is 0 Å². The fourth-order valence-electron chi connectivity index (χ4n) is 4.00. The number of carbonyl (C=O) groups is 1. The molecule has 5 nitrogen and oxygen atoms in total. The summed E-state index contributed by atoms with van der Waals surface area (Å²) in [7, 11) is 0. The van der Waals surface area contributed by atoms with E-state index < -0.39 is 0 Å². The van der Waals surface area contributed by atoms with Crippen LogP contribution in [0.3, 0.4) is 0 Å². The summed E-state index contributed by atoms with van der Waals surface area (Å²) < 4.78 is 1.99. The summed E-state index contributed by atoms with van der Waals surface area (Å²) >= 11 is 0. The molecule has 0 radical (unpaired) electrons. The maximum Gasteiger partial charge on any atom is 0.225 e. The summed E-state index contributed by atoms with van der Waals surface area (Å²) in [6.45, 7) is 2.72. The van der Waals surface area contributed by atoms with E-state index in [0.717, 1.165) is 22.3 Å². The van der Waals surface area contributed by atoms with Crippen molar-refractivity contribution in [3.05, 3.63) is 71.5 Å². The van der Waals surface area contributed by atoms with Crippen LogP contribution in [0, 0.1) is 11.3 Å². The fraction of sp³-hybridized carbons (Fsp3) is 0.238. The number of nitrogens with zero attached hydrogens (tertiary/aromatic N) is 3. The molecule has 1 aromatic carbocycles. The fourth-order valence-corrected chi connectivity index (χ4v) is 4.00. The van der Waals surface area contributed by atoms with Crippen molar-refractivity contribution in [3.8, 4) is 6.07 Å². The number of fused-ring (bicyclic) bond motifs is 2. The average Bonchev–Trinajstić information content (AvgIpc) is 3.00. The third-order valence-corrected chi connectivity index (χ3v) is 5.29. The van der Waals surface area contributed by atoms with Gasteiger partial charge in [-0.25, -0.2) is 0 Å². The molecule has 0 spiro atoms. The van der Waals surface area contributed by atoms with E-state index in [0.29, 0.717) is 18.5 Å². The van der Waals surface area contributed by atoms with Gasteiger partial charge in [0.2, 0.25) is 5.91 Å². The number of pyridine rings is 1. The molecule has 0 aliphatic carbocycles. The van der Waals surface area contributed by atoms with Crippen LogP contribution in [0.2, 0.25) is 0 Å². The molecule has 1 amide bonds. The smallest absolute Gasteiger partial charge is 0.225 e. The second kappa shape index (κ2) is 6.23. The van der Waals surface area contributed by atoms with Gasteiger partial charge in [-0.3, -0.25) is 4.79 Å². The zero-order valence-electron chi connectivity index (χ0n) is 14.6. The van der Waals surface area contributed by atoms with E-state index in [2.05, 4.69) is 17.9 Å². The number of carbonyl (C=O) groups excluding carboxylic acids is 1. The molecule has 0 bridgehead atoms. The van der Waals surface area contributed by atoms with Crippen molar-refractivity contribution in [2.24, 2.45) is 5.73 Å². The maximum absolute atomic E-state index is 11.9. The van der Waals surface area contributed by atoms with Crippen molar-refractivity contribution in [2.45, 2.75) is 31.8 Å². The van der Waals surface area contributed by atoms with Crippen LogP contribution in [0.15, 0.2) is 54.9 Å². The molecule has 3 heterocycles. The highest BCUT2D eigenvalue weighted by atomic mass is 16.1. The van der Waals surface area contributed by atoms with Gasteiger partial charge in [0.1, 0.15) is 6.07 Å². The molecule has 0 saturated carbocycles. The summed E-state index contributed by atoms with van der Waals surface area (Å²) in [5, 5.41) is 9.67. The molecule has 2 atom stereocenters. The molecular formula is C21H20N4O. The van der Waals surface area contributed by atoms with Crippen LogP contribution in [0.1, 0.15) is 36.0 Å². The van der Waals surface area contributed by atoms with Crippen LogP contribution in [0.4, 0.5) is 5.69 Å². The van der Waals surface area contributed by atoms with E-state index in [1.54, 1.807) is 0 Å². The van der Waals surface area contributed by atoms with Crippen LogP contribution in [0.25, 0.3) is 5.52 Å². The molecule has 4 rings (SSSR count). The number of primary amides is 1. The van der Waals surface area contributed by atoms with E-state index >= 15 is 0 Å². The minimum atomic E-state index is -0.281. The van der Waals surface area contributed by atoms with Crippen molar-refractivity contribution >= 4 is 17.1 Å². The zero-order chi connectivity index (χ0) is 18.3. The highest BCUT2D eigenvalue weighted by molar-refractivity contribution is 5.85. The molecule has 2 aromatic heterocycles. The minimum Gasteiger partial charge on any atom is -0.369 e. The van der Waals surface area contributed by atoms with Crippen molar-refractivity contribution in [3.63, 3.8) is 0 Å². The molecule has 0 fully saturated rings. The second-order valence-electron chi connectivity index (χ2n) is 6.86. The Hall–Kier alpha value is -3.26. The van der Waals surface area contributed by atoms with Gasteiger partial charge in [0, 0.05) is 36.2 Å². The third-order valence-electron chi connectivity index (χ3n) is 5.29. The average molecular weight is 344 g/mol. The second-order valence-corrected chi connectivity index (χ2v) is 6.86. The first-order valence-electron chi connectivity index (χ1n) is 8.73. The maximum atomic E-state index is 11.9. The van der Waals surface area contributed by atoms with E-state index in [1.807, 2.05) is 59.3 Å². The Labute approximate surface area is 152 Å². The van der Waals surface area contributed by atoms with E-state index in [4.69, 9.17) is 5.73 Å². The first-order chi connectivity index (χ1) is 12.6. The number of hydrogen-bond donors (Lipinski definition) is 1. The van der Waals surface area contributed by atoms with Gasteiger partial charge in [0.05, 0.1) is 17.0 Å². The SMILES string of the molecule is C[C@H]1C[C@H](C(N)=O)c2ccccc2N1Cc1cn2ccccc2c1C#N. The number of amides is 1. The Morgan fingerprint density at radius 1 is 1.27 bits per heavy atom. The number of rotatable bonds is 3. The molecule has 130 valence electrons. The highest BCUT2D eigenvalue weighted by Crippen LogP contribution is 2.39. The van der Waals surface area contributed by atoms with Gasteiger partial charge in [0.15, 0.2) is 0 Å². The van der Waals surface area contributed by atoms with Gasteiger partial charge in [-0.1, -0.05) is 24.3 Å². The minimum absolute atomic E-state index is 0.150. The number of para-hydroxylation sites is 1. The normalized spacial score (nSPS) is 19.2. The first-order valence-corrected chi connectivity index (χ1v) is 8.73. The number of hydrogen-bond acceptors (Lipinski definition) is 3. The number of benzene rings is 1. The van der Waals surface area contributed by atoms with Gasteiger partial charge in [0.25, 0.3) is 0 Å². The Morgan fingerprint density at radius 2 is 2.04 bits per heavy atom. The van der Waals surface area contributed by atoms with Gasteiger partial charge < -0.3 is 15.0 Å². The van der Waals surface area contributed by atoms with E-state index in [1.165, 1.54) is 0 Å². The number of aromatic nitrogens is 1. The summed E-state index contributed by atoms with van der Waals surface area (Å²) in [6.07, 6.45) is 4.65. The predicted molar refractivity (Wildman–Crippen MR) is 101 cm³/mol. The van der Waals surface area contributed by atoms with Crippen molar-refractivity contribution in [1.29, 1.82) is 5.26 Å². The Morgan fingerprint density at radius 3 is 2.81 bits per heavy atom.